The Morgan fingerprint density at radius 3 is 2.92 bits per heavy atom. The van der Waals surface area contributed by atoms with E-state index in [1.165, 1.54) is 6.33 Å². The van der Waals surface area contributed by atoms with E-state index in [4.69, 9.17) is 0 Å². The minimum absolute atomic E-state index is 0.000998. The fourth-order valence-electron chi connectivity index (χ4n) is 3.59. The summed E-state index contributed by atoms with van der Waals surface area (Å²) in [6.45, 7) is 1.16. The van der Waals surface area contributed by atoms with E-state index >= 15 is 0 Å². The van der Waals surface area contributed by atoms with Crippen LogP contribution in [0, 0.1) is 0 Å². The van der Waals surface area contributed by atoms with Crippen LogP contribution in [0.25, 0.3) is 0 Å². The lowest BCUT2D eigenvalue weighted by Crippen LogP contribution is -2.46. The van der Waals surface area contributed by atoms with E-state index in [9.17, 15) is 13.5 Å². The number of nitrogens with one attached hydrogen (secondary N) is 1. The van der Waals surface area contributed by atoms with Crippen molar-refractivity contribution in [3.63, 3.8) is 0 Å². The molecule has 2 N–H and O–H groups in total. The van der Waals surface area contributed by atoms with Gasteiger partial charge in [-0.3, -0.25) is 0 Å². The Kier molecular flexibility index (Phi) is 5.45. The van der Waals surface area contributed by atoms with Crippen LogP contribution in [-0.2, 0) is 9.84 Å². The molecule has 2 saturated heterocycles. The highest BCUT2D eigenvalue weighted by atomic mass is 32.2. The van der Waals surface area contributed by atoms with Crippen molar-refractivity contribution >= 4 is 21.5 Å². The van der Waals surface area contributed by atoms with Crippen LogP contribution in [0.3, 0.4) is 0 Å². The van der Waals surface area contributed by atoms with Gasteiger partial charge in [0.05, 0.1) is 17.6 Å². The molecule has 8 nitrogen and oxygen atoms in total. The Labute approximate surface area is 149 Å². The van der Waals surface area contributed by atoms with E-state index in [1.807, 2.05) is 25.1 Å². The number of aliphatic hydroxyl groups excluding tert-OH is 1. The van der Waals surface area contributed by atoms with E-state index in [0.717, 1.165) is 24.5 Å². The first-order valence-corrected chi connectivity index (χ1v) is 10.5. The first-order valence-electron chi connectivity index (χ1n) is 8.72. The van der Waals surface area contributed by atoms with E-state index < -0.39 is 15.9 Å². The molecule has 25 heavy (non-hydrogen) atoms. The molecule has 9 heteroatoms. The Morgan fingerprint density at radius 2 is 2.20 bits per heavy atom. The lowest BCUT2D eigenvalue weighted by molar-refractivity contribution is 0.193. The predicted molar refractivity (Wildman–Crippen MR) is 97.8 cm³/mol. The maximum atomic E-state index is 11.8. The van der Waals surface area contributed by atoms with Crippen LogP contribution in [0.2, 0.25) is 0 Å². The van der Waals surface area contributed by atoms with Gasteiger partial charge in [0, 0.05) is 45.3 Å². The van der Waals surface area contributed by atoms with Crippen molar-refractivity contribution in [3.8, 4) is 0 Å². The van der Waals surface area contributed by atoms with Gasteiger partial charge in [-0.1, -0.05) is 0 Å². The molecule has 2 aliphatic rings. The molecule has 2 fully saturated rings. The fraction of sp³-hybridized carbons (Fsp3) is 0.750. The maximum Gasteiger partial charge on any atom is 0.151 e. The molecular formula is C16H27N5O3S. The summed E-state index contributed by atoms with van der Waals surface area (Å²) in [5.41, 5.74) is 0. The number of hydrogen-bond acceptors (Lipinski definition) is 8. The fourth-order valence-corrected chi connectivity index (χ4v) is 5.26. The summed E-state index contributed by atoms with van der Waals surface area (Å²) in [6.07, 6.45) is 3.38. The number of aromatic nitrogens is 2. The average Bonchev–Trinajstić information content (AvgIpc) is 2.93. The van der Waals surface area contributed by atoms with Gasteiger partial charge in [-0.05, 0) is 19.3 Å². The number of rotatable bonds is 5. The number of nitrogens with zero attached hydrogens (tertiary/aromatic N) is 4. The Bertz CT molecular complexity index is 697. The molecule has 0 spiro atoms. The largest absolute Gasteiger partial charge is 0.391 e. The standard InChI is InChI=1S/C16H27N5O3S/c1-20(2)15-7-16(19-11-18-15)21-9-14(22)6-13(21)8-17-12-4-3-5-25(23,24)10-12/h7,11-14,17,22H,3-6,8-10H2,1-2H3/t12?,13-,14-/m1/s1. The van der Waals surface area contributed by atoms with Crippen LogP contribution in [0.1, 0.15) is 19.3 Å². The minimum atomic E-state index is -2.92. The van der Waals surface area contributed by atoms with Crippen molar-refractivity contribution in [2.75, 3.05) is 48.5 Å². The molecule has 2 aliphatic heterocycles. The van der Waals surface area contributed by atoms with Gasteiger partial charge in [-0.2, -0.15) is 0 Å². The lowest BCUT2D eigenvalue weighted by atomic mass is 10.1. The monoisotopic (exact) mass is 369 g/mol. The van der Waals surface area contributed by atoms with Crippen molar-refractivity contribution in [2.45, 2.75) is 37.5 Å². The molecule has 1 aromatic rings. The molecule has 1 aromatic heterocycles. The van der Waals surface area contributed by atoms with E-state index in [2.05, 4.69) is 20.2 Å². The molecule has 0 aromatic carbocycles. The van der Waals surface area contributed by atoms with Gasteiger partial charge in [-0.25, -0.2) is 18.4 Å². The zero-order valence-corrected chi connectivity index (χ0v) is 15.6. The molecule has 0 bridgehead atoms. The van der Waals surface area contributed by atoms with Crippen molar-refractivity contribution in [3.05, 3.63) is 12.4 Å². The summed E-state index contributed by atoms with van der Waals surface area (Å²) in [5.74, 6) is 2.11. The van der Waals surface area contributed by atoms with Crippen LogP contribution in [0.5, 0.6) is 0 Å². The number of hydrogen-bond donors (Lipinski definition) is 2. The minimum Gasteiger partial charge on any atom is -0.391 e. The first kappa shape index (κ1) is 18.3. The lowest BCUT2D eigenvalue weighted by Gasteiger charge is -2.29. The van der Waals surface area contributed by atoms with E-state index in [0.29, 0.717) is 25.3 Å². The summed E-state index contributed by atoms with van der Waals surface area (Å²) in [6, 6.07) is 2.00. The summed E-state index contributed by atoms with van der Waals surface area (Å²) >= 11 is 0. The van der Waals surface area contributed by atoms with Crippen LogP contribution in [0.15, 0.2) is 12.4 Å². The van der Waals surface area contributed by atoms with Gasteiger partial charge in [0.15, 0.2) is 9.84 Å². The van der Waals surface area contributed by atoms with Crippen LogP contribution >= 0.6 is 0 Å². The Balaban J connectivity index is 1.66. The van der Waals surface area contributed by atoms with Crippen LogP contribution in [-0.4, -0.2) is 80.4 Å². The number of β-amino-alcohol motifs (C(OH)–C–C–N with tert-alkyl or cyclic N) is 1. The highest BCUT2D eigenvalue weighted by molar-refractivity contribution is 7.91. The average molecular weight is 369 g/mol. The molecule has 3 atom stereocenters. The molecule has 140 valence electrons. The maximum absolute atomic E-state index is 11.8. The van der Waals surface area contributed by atoms with Crippen molar-refractivity contribution < 1.29 is 13.5 Å². The number of anilines is 2. The van der Waals surface area contributed by atoms with Gasteiger partial charge in [0.1, 0.15) is 18.0 Å². The van der Waals surface area contributed by atoms with E-state index in [1.54, 1.807) is 0 Å². The molecule has 0 radical (unpaired) electrons. The third kappa shape index (κ3) is 4.59. The molecule has 1 unspecified atom stereocenters. The zero-order chi connectivity index (χ0) is 18.0. The molecule has 0 aliphatic carbocycles. The summed E-state index contributed by atoms with van der Waals surface area (Å²) in [7, 11) is 0.927. The quantitative estimate of drug-likeness (QED) is 0.727. The SMILES string of the molecule is CN(C)c1cc(N2C[C@H](O)C[C@@H]2CNC2CCCS(=O)(=O)C2)ncn1. The summed E-state index contributed by atoms with van der Waals surface area (Å²) in [4.78, 5) is 12.6. The molecule has 3 heterocycles. The second-order valence-corrected chi connectivity index (χ2v) is 9.42. The van der Waals surface area contributed by atoms with Crippen molar-refractivity contribution in [2.24, 2.45) is 0 Å². The normalized spacial score (nSPS) is 28.9. The number of sulfone groups is 1. The Morgan fingerprint density at radius 1 is 1.40 bits per heavy atom. The second-order valence-electron chi connectivity index (χ2n) is 7.19. The number of aliphatic hydroxyl groups is 1. The molecule has 0 amide bonds. The highest BCUT2D eigenvalue weighted by Crippen LogP contribution is 2.26. The molecular weight excluding hydrogens is 342 g/mol. The highest BCUT2D eigenvalue weighted by Gasteiger charge is 2.33. The molecule has 3 rings (SSSR count). The third-order valence-electron chi connectivity index (χ3n) is 4.89. The topological polar surface area (TPSA) is 98.7 Å². The first-order chi connectivity index (χ1) is 11.8. The van der Waals surface area contributed by atoms with Gasteiger partial charge in [0.25, 0.3) is 0 Å². The van der Waals surface area contributed by atoms with Crippen molar-refractivity contribution in [1.29, 1.82) is 0 Å². The summed E-state index contributed by atoms with van der Waals surface area (Å²) < 4.78 is 23.6. The van der Waals surface area contributed by atoms with Gasteiger partial charge in [0.2, 0.25) is 0 Å². The molecule has 0 saturated carbocycles. The third-order valence-corrected chi connectivity index (χ3v) is 6.71. The van der Waals surface area contributed by atoms with Gasteiger partial charge >= 0.3 is 0 Å². The van der Waals surface area contributed by atoms with Gasteiger partial charge in [-0.15, -0.1) is 0 Å². The van der Waals surface area contributed by atoms with Gasteiger partial charge < -0.3 is 20.2 Å². The summed E-state index contributed by atoms with van der Waals surface area (Å²) in [5, 5.41) is 13.5. The zero-order valence-electron chi connectivity index (χ0n) is 14.8. The van der Waals surface area contributed by atoms with Crippen LogP contribution < -0.4 is 15.1 Å². The smallest absolute Gasteiger partial charge is 0.151 e. The predicted octanol–water partition coefficient (Wildman–Crippen LogP) is -0.351. The van der Waals surface area contributed by atoms with Crippen LogP contribution in [0.4, 0.5) is 11.6 Å². The Hall–Kier alpha value is -1.45. The second kappa shape index (κ2) is 7.43. The van der Waals surface area contributed by atoms with E-state index in [-0.39, 0.29) is 17.8 Å². The van der Waals surface area contributed by atoms with Crippen molar-refractivity contribution in [1.82, 2.24) is 15.3 Å².